The second kappa shape index (κ2) is 4.89. The molecule has 18 heavy (non-hydrogen) atoms. The number of hydrogen-bond acceptors (Lipinski definition) is 4. The zero-order valence-electron chi connectivity index (χ0n) is 10.4. The average molecular weight is 253 g/mol. The minimum atomic E-state index is -0.782. The summed E-state index contributed by atoms with van der Waals surface area (Å²) in [7, 11) is 0. The maximum atomic E-state index is 13.6. The van der Waals surface area contributed by atoms with E-state index in [9.17, 15) is 14.5 Å². The van der Waals surface area contributed by atoms with Gasteiger partial charge in [-0.25, -0.2) is 0 Å². The highest BCUT2D eigenvalue weighted by Crippen LogP contribution is 2.32. The van der Waals surface area contributed by atoms with Gasteiger partial charge >= 0.3 is 5.69 Å². The van der Waals surface area contributed by atoms with Gasteiger partial charge in [0.05, 0.1) is 4.92 Å². The van der Waals surface area contributed by atoms with Crippen molar-refractivity contribution >= 4 is 11.4 Å². The molecular weight excluding hydrogens is 237 g/mol. The van der Waals surface area contributed by atoms with Gasteiger partial charge in [-0.05, 0) is 26.0 Å². The number of rotatable bonds is 2. The first-order valence-corrected chi connectivity index (χ1v) is 5.93. The lowest BCUT2D eigenvalue weighted by atomic mass is 10.1. The fourth-order valence-electron chi connectivity index (χ4n) is 2.27. The molecule has 0 aromatic heterocycles. The minimum absolute atomic E-state index is 0.0988. The van der Waals surface area contributed by atoms with Crippen LogP contribution in [0.3, 0.4) is 0 Å². The Hall–Kier alpha value is -1.69. The molecule has 0 amide bonds. The van der Waals surface area contributed by atoms with Crippen LogP contribution in [0, 0.1) is 15.9 Å². The lowest BCUT2D eigenvalue weighted by Crippen LogP contribution is -2.54. The van der Waals surface area contributed by atoms with Crippen LogP contribution < -0.4 is 10.2 Å². The number of nitrogens with one attached hydrogen (secondary N) is 1. The first kappa shape index (κ1) is 12.8. The van der Waals surface area contributed by atoms with Gasteiger partial charge in [-0.15, -0.1) is 0 Å². The van der Waals surface area contributed by atoms with Gasteiger partial charge in [0.2, 0.25) is 5.82 Å². The summed E-state index contributed by atoms with van der Waals surface area (Å²) >= 11 is 0. The lowest BCUT2D eigenvalue weighted by molar-refractivity contribution is -0.386. The van der Waals surface area contributed by atoms with Crippen LogP contribution in [-0.4, -0.2) is 30.1 Å². The van der Waals surface area contributed by atoms with Crippen molar-refractivity contribution < 1.29 is 9.31 Å². The van der Waals surface area contributed by atoms with E-state index < -0.39 is 16.4 Å². The van der Waals surface area contributed by atoms with Gasteiger partial charge in [0, 0.05) is 25.2 Å². The van der Waals surface area contributed by atoms with E-state index in [1.165, 1.54) is 6.07 Å². The van der Waals surface area contributed by atoms with Crippen molar-refractivity contribution in [2.45, 2.75) is 25.9 Å². The number of para-hydroxylation sites is 1. The SMILES string of the molecule is CC1CN(c2cccc(F)c2[N+](=O)[O-])C(C)CN1. The van der Waals surface area contributed by atoms with Crippen molar-refractivity contribution in [3.05, 3.63) is 34.1 Å². The number of nitro benzene ring substituents is 1. The van der Waals surface area contributed by atoms with E-state index in [1.807, 2.05) is 18.7 Å². The summed E-state index contributed by atoms with van der Waals surface area (Å²) in [5, 5.41) is 14.3. The number of piperazine rings is 1. The van der Waals surface area contributed by atoms with Gasteiger partial charge in [-0.3, -0.25) is 10.1 Å². The summed E-state index contributed by atoms with van der Waals surface area (Å²) in [5.41, 5.74) is -0.0701. The first-order valence-electron chi connectivity index (χ1n) is 5.93. The molecule has 1 aromatic rings. The second-order valence-corrected chi connectivity index (χ2v) is 4.68. The van der Waals surface area contributed by atoms with Crippen LogP contribution in [0.4, 0.5) is 15.8 Å². The third-order valence-corrected chi connectivity index (χ3v) is 3.22. The average Bonchev–Trinajstić information content (AvgIpc) is 2.31. The number of anilines is 1. The van der Waals surface area contributed by atoms with Gasteiger partial charge in [0.25, 0.3) is 0 Å². The van der Waals surface area contributed by atoms with Crippen molar-refractivity contribution in [1.82, 2.24) is 5.32 Å². The Labute approximate surface area is 105 Å². The summed E-state index contributed by atoms with van der Waals surface area (Å²) in [4.78, 5) is 12.2. The molecule has 1 heterocycles. The predicted molar refractivity (Wildman–Crippen MR) is 67.3 cm³/mol. The minimum Gasteiger partial charge on any atom is -0.360 e. The highest BCUT2D eigenvalue weighted by Gasteiger charge is 2.30. The van der Waals surface area contributed by atoms with E-state index in [-0.39, 0.29) is 12.1 Å². The molecular formula is C12H16FN3O2. The number of nitrogens with zero attached hydrogens (tertiary/aromatic N) is 2. The van der Waals surface area contributed by atoms with E-state index in [2.05, 4.69) is 5.32 Å². The Morgan fingerprint density at radius 3 is 2.89 bits per heavy atom. The number of benzene rings is 1. The highest BCUT2D eigenvalue weighted by molar-refractivity contribution is 5.64. The molecule has 1 N–H and O–H groups in total. The van der Waals surface area contributed by atoms with Crippen molar-refractivity contribution in [1.29, 1.82) is 0 Å². The molecule has 1 fully saturated rings. The molecule has 1 aliphatic heterocycles. The predicted octanol–water partition coefficient (Wildman–Crippen LogP) is 1.92. The number of nitro groups is 1. The Kier molecular flexibility index (Phi) is 3.47. The fourth-order valence-corrected chi connectivity index (χ4v) is 2.27. The zero-order chi connectivity index (χ0) is 13.3. The van der Waals surface area contributed by atoms with Crippen molar-refractivity contribution in [2.75, 3.05) is 18.0 Å². The smallest absolute Gasteiger partial charge is 0.327 e. The Bertz CT molecular complexity index is 467. The summed E-state index contributed by atoms with van der Waals surface area (Å²) < 4.78 is 13.6. The van der Waals surface area contributed by atoms with E-state index in [1.54, 1.807) is 6.07 Å². The molecule has 2 atom stereocenters. The van der Waals surface area contributed by atoms with E-state index in [4.69, 9.17) is 0 Å². The summed E-state index contributed by atoms with van der Waals surface area (Å²) in [6.45, 7) is 5.33. The van der Waals surface area contributed by atoms with Crippen molar-refractivity contribution in [3.63, 3.8) is 0 Å². The lowest BCUT2D eigenvalue weighted by Gasteiger charge is -2.38. The molecule has 0 radical (unpaired) electrons. The summed E-state index contributed by atoms with van der Waals surface area (Å²) in [6, 6.07) is 4.57. The molecule has 0 bridgehead atoms. The van der Waals surface area contributed by atoms with Gasteiger partial charge in [0.1, 0.15) is 5.69 Å². The van der Waals surface area contributed by atoms with Crippen LogP contribution in [0.15, 0.2) is 18.2 Å². The number of halogens is 1. The summed E-state index contributed by atoms with van der Waals surface area (Å²) in [6.07, 6.45) is 0. The monoisotopic (exact) mass is 253 g/mol. The third kappa shape index (κ3) is 2.28. The molecule has 0 saturated carbocycles. The highest BCUT2D eigenvalue weighted by atomic mass is 19.1. The Balaban J connectivity index is 2.43. The van der Waals surface area contributed by atoms with Crippen LogP contribution in [-0.2, 0) is 0 Å². The maximum Gasteiger partial charge on any atom is 0.327 e. The standard InChI is InChI=1S/C12H16FN3O2/c1-8-7-15(9(2)6-14-8)11-5-3-4-10(13)12(11)16(17)18/h3-5,8-9,14H,6-7H2,1-2H3. The summed E-state index contributed by atoms with van der Waals surface area (Å²) in [5.74, 6) is -0.782. The molecule has 1 aromatic carbocycles. The van der Waals surface area contributed by atoms with E-state index >= 15 is 0 Å². The second-order valence-electron chi connectivity index (χ2n) is 4.68. The van der Waals surface area contributed by atoms with Crippen LogP contribution >= 0.6 is 0 Å². The van der Waals surface area contributed by atoms with E-state index in [0.717, 1.165) is 12.6 Å². The zero-order valence-corrected chi connectivity index (χ0v) is 10.4. The fraction of sp³-hybridized carbons (Fsp3) is 0.500. The van der Waals surface area contributed by atoms with Crippen LogP contribution in [0.2, 0.25) is 0 Å². The van der Waals surface area contributed by atoms with Gasteiger partial charge in [-0.1, -0.05) is 6.07 Å². The normalized spacial score (nSPS) is 24.1. The molecule has 98 valence electrons. The van der Waals surface area contributed by atoms with Crippen LogP contribution in [0.5, 0.6) is 0 Å². The van der Waals surface area contributed by atoms with Crippen molar-refractivity contribution in [2.24, 2.45) is 0 Å². The largest absolute Gasteiger partial charge is 0.360 e. The topological polar surface area (TPSA) is 58.4 Å². The molecule has 1 aliphatic rings. The maximum absolute atomic E-state index is 13.6. The van der Waals surface area contributed by atoms with E-state index in [0.29, 0.717) is 12.2 Å². The third-order valence-electron chi connectivity index (χ3n) is 3.22. The van der Waals surface area contributed by atoms with Crippen molar-refractivity contribution in [3.8, 4) is 0 Å². The van der Waals surface area contributed by atoms with Crippen LogP contribution in [0.25, 0.3) is 0 Å². The molecule has 2 unspecified atom stereocenters. The molecule has 0 spiro atoms. The Morgan fingerprint density at radius 1 is 1.50 bits per heavy atom. The molecule has 5 nitrogen and oxygen atoms in total. The molecule has 2 rings (SSSR count). The molecule has 1 saturated heterocycles. The van der Waals surface area contributed by atoms with Gasteiger partial charge in [0.15, 0.2) is 0 Å². The van der Waals surface area contributed by atoms with Crippen LogP contribution in [0.1, 0.15) is 13.8 Å². The Morgan fingerprint density at radius 2 is 2.22 bits per heavy atom. The van der Waals surface area contributed by atoms with Gasteiger partial charge < -0.3 is 10.2 Å². The van der Waals surface area contributed by atoms with Gasteiger partial charge in [-0.2, -0.15) is 4.39 Å². The number of hydrogen-bond donors (Lipinski definition) is 1. The first-order chi connectivity index (χ1) is 8.50. The quantitative estimate of drug-likeness (QED) is 0.646. The molecule has 6 heteroatoms. The molecule has 0 aliphatic carbocycles.